The van der Waals surface area contributed by atoms with Crippen molar-refractivity contribution in [2.75, 3.05) is 12.4 Å². The number of benzene rings is 2. The van der Waals surface area contributed by atoms with Gasteiger partial charge in [0.1, 0.15) is 11.3 Å². The Kier molecular flexibility index (Phi) is 5.65. The number of urea groups is 1. The molecule has 1 atom stereocenters. The van der Waals surface area contributed by atoms with Crippen LogP contribution >= 0.6 is 0 Å². The first-order chi connectivity index (χ1) is 13.1. The first kappa shape index (κ1) is 18.4. The number of hydrogen-bond donors (Lipinski definition) is 2. The van der Waals surface area contributed by atoms with E-state index in [2.05, 4.69) is 20.9 Å². The van der Waals surface area contributed by atoms with Crippen molar-refractivity contribution in [2.45, 2.75) is 25.9 Å². The van der Waals surface area contributed by atoms with Gasteiger partial charge in [0.2, 0.25) is 0 Å². The quantitative estimate of drug-likeness (QED) is 0.697. The molecule has 0 fully saturated rings. The second-order valence-electron chi connectivity index (χ2n) is 6.00. The maximum absolute atomic E-state index is 12.6. The van der Waals surface area contributed by atoms with E-state index in [1.807, 2.05) is 13.0 Å². The molecule has 0 bridgehead atoms. The van der Waals surface area contributed by atoms with Gasteiger partial charge in [0, 0.05) is 0 Å². The van der Waals surface area contributed by atoms with Gasteiger partial charge in [-0.15, -0.1) is 5.10 Å². The summed E-state index contributed by atoms with van der Waals surface area (Å²) in [5.74, 6) is 0.567. The van der Waals surface area contributed by atoms with Gasteiger partial charge in [-0.3, -0.25) is 4.79 Å². The maximum Gasteiger partial charge on any atom is 0.319 e. The lowest BCUT2D eigenvalue weighted by Gasteiger charge is -2.18. The number of fused-ring (bicyclic) bond motifs is 1. The molecule has 140 valence electrons. The fraction of sp³-hybridized carbons (Fsp3) is 0.263. The number of aromatic nitrogens is 3. The molecule has 0 saturated heterocycles. The third-order valence-electron chi connectivity index (χ3n) is 4.21. The van der Waals surface area contributed by atoms with Crippen LogP contribution in [0.5, 0.6) is 5.75 Å². The second-order valence-corrected chi connectivity index (χ2v) is 6.00. The minimum Gasteiger partial charge on any atom is -0.495 e. The van der Waals surface area contributed by atoms with Crippen molar-refractivity contribution >= 4 is 22.6 Å². The monoisotopic (exact) mass is 367 g/mol. The molecular weight excluding hydrogens is 346 g/mol. The summed E-state index contributed by atoms with van der Waals surface area (Å²) < 4.78 is 6.50. The minimum atomic E-state index is -0.381. The van der Waals surface area contributed by atoms with E-state index in [1.165, 1.54) is 11.8 Å². The third-order valence-corrected chi connectivity index (χ3v) is 4.21. The molecule has 2 N–H and O–H groups in total. The molecule has 0 aliphatic carbocycles. The van der Waals surface area contributed by atoms with Crippen molar-refractivity contribution in [1.29, 1.82) is 0 Å². The molecule has 0 aliphatic rings. The molecule has 8 heteroatoms. The molecule has 8 nitrogen and oxygen atoms in total. The van der Waals surface area contributed by atoms with Crippen molar-refractivity contribution in [1.82, 2.24) is 20.3 Å². The molecule has 3 rings (SSSR count). The number of hydrogen-bond acceptors (Lipinski definition) is 5. The number of rotatable bonds is 6. The Balaban J connectivity index is 1.71. The summed E-state index contributed by atoms with van der Waals surface area (Å²) in [6.45, 7) is 2.15. The lowest BCUT2D eigenvalue weighted by molar-refractivity contribution is 0.245. The number of carbonyl (C=O) groups is 1. The normalized spacial score (nSPS) is 11.8. The minimum absolute atomic E-state index is 0.229. The van der Waals surface area contributed by atoms with Crippen LogP contribution in [0.1, 0.15) is 13.3 Å². The Morgan fingerprint density at radius 1 is 1.19 bits per heavy atom. The Morgan fingerprint density at radius 3 is 2.70 bits per heavy atom. The molecule has 3 aromatic rings. The van der Waals surface area contributed by atoms with E-state index in [9.17, 15) is 9.59 Å². The largest absolute Gasteiger partial charge is 0.495 e. The Bertz CT molecular complexity index is 1000. The zero-order chi connectivity index (χ0) is 19.2. The van der Waals surface area contributed by atoms with Gasteiger partial charge in [0.25, 0.3) is 5.56 Å². The summed E-state index contributed by atoms with van der Waals surface area (Å²) in [6, 6.07) is 13.5. The van der Waals surface area contributed by atoms with Crippen LogP contribution in [0.15, 0.2) is 53.3 Å². The van der Waals surface area contributed by atoms with Crippen LogP contribution in [0, 0.1) is 0 Å². The highest BCUT2D eigenvalue weighted by molar-refractivity contribution is 5.91. The summed E-state index contributed by atoms with van der Waals surface area (Å²) in [4.78, 5) is 24.9. The lowest BCUT2D eigenvalue weighted by atomic mass is 10.2. The molecule has 1 heterocycles. The van der Waals surface area contributed by atoms with Crippen molar-refractivity contribution in [3.63, 3.8) is 0 Å². The average molecular weight is 367 g/mol. The van der Waals surface area contributed by atoms with E-state index in [1.54, 1.807) is 42.5 Å². The van der Waals surface area contributed by atoms with Gasteiger partial charge in [-0.1, -0.05) is 36.4 Å². The Labute approximate surface area is 156 Å². The zero-order valence-corrected chi connectivity index (χ0v) is 15.2. The van der Waals surface area contributed by atoms with Crippen molar-refractivity contribution in [3.05, 3.63) is 58.9 Å². The molecule has 0 aliphatic heterocycles. The standard InChI is InChI=1S/C19H21N5O3/c1-3-13(20-19(26)21-16-10-6-7-11-17(16)27-2)12-24-18(25)14-8-4-5-9-15(14)22-23-24/h4-11,13H,3,12H2,1-2H3,(H2,20,21,26). The molecule has 27 heavy (non-hydrogen) atoms. The van der Waals surface area contributed by atoms with Crippen LogP contribution in [0.2, 0.25) is 0 Å². The van der Waals surface area contributed by atoms with E-state index in [-0.39, 0.29) is 24.2 Å². The van der Waals surface area contributed by atoms with E-state index in [0.29, 0.717) is 28.8 Å². The Morgan fingerprint density at radius 2 is 1.93 bits per heavy atom. The van der Waals surface area contributed by atoms with Gasteiger partial charge in [-0.2, -0.15) is 0 Å². The number of ether oxygens (including phenoxy) is 1. The Hall–Kier alpha value is -3.42. The highest BCUT2D eigenvalue weighted by atomic mass is 16.5. The van der Waals surface area contributed by atoms with Crippen molar-refractivity contribution in [3.8, 4) is 5.75 Å². The number of nitrogens with zero attached hydrogens (tertiary/aromatic N) is 3. The summed E-state index contributed by atoms with van der Waals surface area (Å²) in [5.41, 5.74) is 0.884. The highest BCUT2D eigenvalue weighted by Gasteiger charge is 2.15. The SMILES string of the molecule is CCC(Cn1nnc2ccccc2c1=O)NC(=O)Nc1ccccc1OC. The van der Waals surface area contributed by atoms with Gasteiger partial charge in [0.05, 0.1) is 30.8 Å². The van der Waals surface area contributed by atoms with Crippen LogP contribution in [-0.2, 0) is 6.54 Å². The molecule has 1 unspecified atom stereocenters. The molecule has 2 aromatic carbocycles. The first-order valence-corrected chi connectivity index (χ1v) is 8.65. The molecule has 2 amide bonds. The third kappa shape index (κ3) is 4.22. The number of nitrogens with one attached hydrogen (secondary N) is 2. The predicted molar refractivity (Wildman–Crippen MR) is 103 cm³/mol. The van der Waals surface area contributed by atoms with Crippen LogP contribution in [0.25, 0.3) is 10.9 Å². The fourth-order valence-electron chi connectivity index (χ4n) is 2.72. The molecule has 1 aromatic heterocycles. The van der Waals surface area contributed by atoms with E-state index in [4.69, 9.17) is 4.74 Å². The van der Waals surface area contributed by atoms with E-state index >= 15 is 0 Å². The number of methoxy groups -OCH3 is 1. The van der Waals surface area contributed by atoms with Gasteiger partial charge < -0.3 is 15.4 Å². The zero-order valence-electron chi connectivity index (χ0n) is 15.2. The van der Waals surface area contributed by atoms with Crippen LogP contribution < -0.4 is 20.9 Å². The molecular formula is C19H21N5O3. The summed E-state index contributed by atoms with van der Waals surface area (Å²) in [7, 11) is 1.54. The first-order valence-electron chi connectivity index (χ1n) is 8.65. The predicted octanol–water partition coefficient (Wildman–Crippen LogP) is 2.40. The van der Waals surface area contributed by atoms with E-state index < -0.39 is 0 Å². The van der Waals surface area contributed by atoms with Crippen LogP contribution in [-0.4, -0.2) is 34.2 Å². The van der Waals surface area contributed by atoms with Crippen LogP contribution in [0.3, 0.4) is 0 Å². The number of carbonyl (C=O) groups excluding carboxylic acids is 1. The lowest BCUT2D eigenvalue weighted by Crippen LogP contribution is -2.42. The van der Waals surface area contributed by atoms with Gasteiger partial charge in [-0.05, 0) is 30.7 Å². The molecule has 0 radical (unpaired) electrons. The smallest absolute Gasteiger partial charge is 0.319 e. The highest BCUT2D eigenvalue weighted by Crippen LogP contribution is 2.22. The summed E-state index contributed by atoms with van der Waals surface area (Å²) in [6.07, 6.45) is 0.625. The fourth-order valence-corrected chi connectivity index (χ4v) is 2.72. The summed E-state index contributed by atoms with van der Waals surface area (Å²) >= 11 is 0. The number of para-hydroxylation sites is 2. The topological polar surface area (TPSA) is 98.1 Å². The summed E-state index contributed by atoms with van der Waals surface area (Å²) in [5, 5.41) is 14.2. The van der Waals surface area contributed by atoms with Crippen LogP contribution in [0.4, 0.5) is 10.5 Å². The maximum atomic E-state index is 12.6. The molecule has 0 saturated carbocycles. The van der Waals surface area contributed by atoms with Crippen molar-refractivity contribution in [2.24, 2.45) is 0 Å². The van der Waals surface area contributed by atoms with Crippen molar-refractivity contribution < 1.29 is 9.53 Å². The van der Waals surface area contributed by atoms with Gasteiger partial charge in [-0.25, -0.2) is 9.48 Å². The number of anilines is 1. The number of amides is 2. The van der Waals surface area contributed by atoms with Gasteiger partial charge >= 0.3 is 6.03 Å². The second kappa shape index (κ2) is 8.31. The molecule has 0 spiro atoms. The average Bonchev–Trinajstić information content (AvgIpc) is 2.70. The van der Waals surface area contributed by atoms with E-state index in [0.717, 1.165) is 0 Å². The van der Waals surface area contributed by atoms with Gasteiger partial charge in [0.15, 0.2) is 0 Å².